The van der Waals surface area contributed by atoms with Crippen molar-refractivity contribution in [2.24, 2.45) is 0 Å². The molecule has 0 spiro atoms. The Balaban J connectivity index is 2.22. The number of anilines is 1. The van der Waals surface area contributed by atoms with Crippen molar-refractivity contribution in [3.63, 3.8) is 0 Å². The second kappa shape index (κ2) is 5.91. The molecule has 4 nitrogen and oxygen atoms in total. The highest BCUT2D eigenvalue weighted by atomic mass is 35.5. The van der Waals surface area contributed by atoms with Gasteiger partial charge < -0.3 is 10.1 Å². The maximum atomic E-state index is 12.0. The Morgan fingerprint density at radius 1 is 1.26 bits per heavy atom. The zero-order chi connectivity index (χ0) is 13.8. The number of benzene rings is 1. The molecule has 0 saturated heterocycles. The van der Waals surface area contributed by atoms with Gasteiger partial charge in [-0.2, -0.15) is 0 Å². The van der Waals surface area contributed by atoms with E-state index in [-0.39, 0.29) is 5.91 Å². The van der Waals surface area contributed by atoms with Crippen LogP contribution in [0.5, 0.6) is 5.88 Å². The molecule has 0 unspecified atom stereocenters. The van der Waals surface area contributed by atoms with Gasteiger partial charge in [0.15, 0.2) is 0 Å². The minimum Gasteiger partial charge on any atom is -0.481 e. The number of pyridine rings is 1. The van der Waals surface area contributed by atoms with Gasteiger partial charge in [-0.1, -0.05) is 23.2 Å². The molecule has 2 aromatic rings. The lowest BCUT2D eigenvalue weighted by atomic mass is 10.2. The summed E-state index contributed by atoms with van der Waals surface area (Å²) in [5.41, 5.74) is 0.873. The fourth-order valence-corrected chi connectivity index (χ4v) is 1.79. The standard InChI is InChI=1S/C13H10Cl2N2O2/c1-19-12-6-8(4-5-16-12)13(18)17-11-7-9(14)2-3-10(11)15/h2-7H,1H3,(H,17,18). The molecule has 1 aromatic heterocycles. The Kier molecular flexibility index (Phi) is 4.24. The Morgan fingerprint density at radius 2 is 2.05 bits per heavy atom. The molecule has 0 fully saturated rings. The van der Waals surface area contributed by atoms with E-state index in [1.165, 1.54) is 19.4 Å². The van der Waals surface area contributed by atoms with E-state index in [9.17, 15) is 4.79 Å². The summed E-state index contributed by atoms with van der Waals surface area (Å²) in [4.78, 5) is 16.0. The second-order valence-corrected chi connectivity index (χ2v) is 4.51. The van der Waals surface area contributed by atoms with Gasteiger partial charge in [-0.25, -0.2) is 4.98 Å². The molecule has 0 aliphatic rings. The first kappa shape index (κ1) is 13.6. The van der Waals surface area contributed by atoms with Crippen LogP contribution in [0.2, 0.25) is 10.0 Å². The van der Waals surface area contributed by atoms with Crippen LogP contribution in [0.15, 0.2) is 36.5 Å². The number of carbonyl (C=O) groups excluding carboxylic acids is 1. The molecule has 0 aliphatic carbocycles. The molecule has 1 amide bonds. The summed E-state index contributed by atoms with van der Waals surface area (Å²) in [5.74, 6) is 0.0507. The quantitative estimate of drug-likeness (QED) is 0.940. The number of hydrogen-bond donors (Lipinski definition) is 1. The van der Waals surface area contributed by atoms with Gasteiger partial charge >= 0.3 is 0 Å². The molecule has 2 rings (SSSR count). The first-order valence-corrected chi connectivity index (χ1v) is 6.12. The highest BCUT2D eigenvalue weighted by Gasteiger charge is 2.10. The maximum Gasteiger partial charge on any atom is 0.255 e. The molecule has 0 aliphatic heterocycles. The molecule has 1 aromatic carbocycles. The van der Waals surface area contributed by atoms with Crippen molar-refractivity contribution in [1.29, 1.82) is 0 Å². The van der Waals surface area contributed by atoms with Crippen molar-refractivity contribution in [3.05, 3.63) is 52.1 Å². The molecule has 1 N–H and O–H groups in total. The van der Waals surface area contributed by atoms with E-state index in [2.05, 4.69) is 10.3 Å². The number of carbonyl (C=O) groups is 1. The van der Waals surface area contributed by atoms with Crippen LogP contribution < -0.4 is 10.1 Å². The molecular formula is C13H10Cl2N2O2. The van der Waals surface area contributed by atoms with Crippen LogP contribution in [0, 0.1) is 0 Å². The van der Waals surface area contributed by atoms with E-state index in [0.29, 0.717) is 27.2 Å². The third-order valence-electron chi connectivity index (χ3n) is 2.38. The number of halogens is 2. The molecule has 0 radical (unpaired) electrons. The van der Waals surface area contributed by atoms with Gasteiger partial charge in [0, 0.05) is 22.8 Å². The molecule has 1 heterocycles. The topological polar surface area (TPSA) is 51.2 Å². The smallest absolute Gasteiger partial charge is 0.255 e. The van der Waals surface area contributed by atoms with Crippen molar-refractivity contribution in [2.75, 3.05) is 12.4 Å². The summed E-state index contributed by atoms with van der Waals surface area (Å²) in [6.07, 6.45) is 1.49. The van der Waals surface area contributed by atoms with E-state index >= 15 is 0 Å². The number of rotatable bonds is 3. The number of ether oxygens (including phenoxy) is 1. The minimum atomic E-state index is -0.315. The molecule has 0 atom stereocenters. The second-order valence-electron chi connectivity index (χ2n) is 3.67. The van der Waals surface area contributed by atoms with Gasteiger partial charge in [-0.15, -0.1) is 0 Å². The van der Waals surface area contributed by atoms with Crippen LogP contribution in [-0.2, 0) is 0 Å². The van der Waals surface area contributed by atoms with Crippen molar-refractivity contribution in [2.45, 2.75) is 0 Å². The lowest BCUT2D eigenvalue weighted by Crippen LogP contribution is -2.12. The summed E-state index contributed by atoms with van der Waals surface area (Å²) in [6.45, 7) is 0. The highest BCUT2D eigenvalue weighted by molar-refractivity contribution is 6.35. The van der Waals surface area contributed by atoms with Gasteiger partial charge in [0.2, 0.25) is 5.88 Å². The monoisotopic (exact) mass is 296 g/mol. The van der Waals surface area contributed by atoms with Gasteiger partial charge in [-0.3, -0.25) is 4.79 Å². The molecule has 0 saturated carbocycles. The number of aromatic nitrogens is 1. The van der Waals surface area contributed by atoms with Crippen molar-refractivity contribution in [1.82, 2.24) is 4.98 Å². The molecule has 0 bridgehead atoms. The van der Waals surface area contributed by atoms with Crippen LogP contribution in [0.1, 0.15) is 10.4 Å². The van der Waals surface area contributed by atoms with Crippen LogP contribution in [0.25, 0.3) is 0 Å². The third-order valence-corrected chi connectivity index (χ3v) is 2.95. The number of amides is 1. The fourth-order valence-electron chi connectivity index (χ4n) is 1.45. The Morgan fingerprint density at radius 3 is 2.79 bits per heavy atom. The third kappa shape index (κ3) is 3.36. The van der Waals surface area contributed by atoms with Crippen molar-refractivity contribution < 1.29 is 9.53 Å². The normalized spacial score (nSPS) is 10.1. The van der Waals surface area contributed by atoms with Gasteiger partial charge in [-0.05, 0) is 24.3 Å². The van der Waals surface area contributed by atoms with Crippen molar-refractivity contribution >= 4 is 34.8 Å². The van der Waals surface area contributed by atoms with Gasteiger partial charge in [0.25, 0.3) is 5.91 Å². The van der Waals surface area contributed by atoms with E-state index < -0.39 is 0 Å². The van der Waals surface area contributed by atoms with E-state index in [1.807, 2.05) is 0 Å². The van der Waals surface area contributed by atoms with E-state index in [0.717, 1.165) is 0 Å². The minimum absolute atomic E-state index is 0.315. The van der Waals surface area contributed by atoms with Crippen LogP contribution >= 0.6 is 23.2 Å². The lowest BCUT2D eigenvalue weighted by molar-refractivity contribution is 0.102. The van der Waals surface area contributed by atoms with E-state index in [1.54, 1.807) is 24.3 Å². The summed E-state index contributed by atoms with van der Waals surface area (Å²) in [7, 11) is 1.48. The Labute approximate surface area is 120 Å². The molecule has 98 valence electrons. The zero-order valence-corrected chi connectivity index (χ0v) is 11.5. The van der Waals surface area contributed by atoms with Crippen molar-refractivity contribution in [3.8, 4) is 5.88 Å². The number of hydrogen-bond acceptors (Lipinski definition) is 3. The Hall–Kier alpha value is -1.78. The first-order valence-electron chi connectivity index (χ1n) is 5.36. The summed E-state index contributed by atoms with van der Waals surface area (Å²) in [5, 5.41) is 3.59. The average molecular weight is 297 g/mol. The largest absolute Gasteiger partial charge is 0.481 e. The average Bonchev–Trinajstić information content (AvgIpc) is 2.43. The highest BCUT2D eigenvalue weighted by Crippen LogP contribution is 2.26. The Bertz CT molecular complexity index is 617. The fraction of sp³-hybridized carbons (Fsp3) is 0.0769. The van der Waals surface area contributed by atoms with Crippen LogP contribution in [0.3, 0.4) is 0 Å². The summed E-state index contributed by atoms with van der Waals surface area (Å²) >= 11 is 11.8. The summed E-state index contributed by atoms with van der Waals surface area (Å²) in [6, 6.07) is 7.96. The summed E-state index contributed by atoms with van der Waals surface area (Å²) < 4.78 is 4.96. The van der Waals surface area contributed by atoms with Gasteiger partial charge in [0.1, 0.15) is 0 Å². The van der Waals surface area contributed by atoms with Crippen LogP contribution in [-0.4, -0.2) is 18.0 Å². The number of methoxy groups -OCH3 is 1. The maximum absolute atomic E-state index is 12.0. The number of nitrogens with zero attached hydrogens (tertiary/aromatic N) is 1. The number of nitrogens with one attached hydrogen (secondary N) is 1. The first-order chi connectivity index (χ1) is 9.10. The molecule has 19 heavy (non-hydrogen) atoms. The van der Waals surface area contributed by atoms with E-state index in [4.69, 9.17) is 27.9 Å². The molecular weight excluding hydrogens is 287 g/mol. The lowest BCUT2D eigenvalue weighted by Gasteiger charge is -2.08. The SMILES string of the molecule is COc1cc(C(=O)Nc2cc(Cl)ccc2Cl)ccn1. The van der Waals surface area contributed by atoms with Gasteiger partial charge in [0.05, 0.1) is 17.8 Å². The predicted octanol–water partition coefficient (Wildman–Crippen LogP) is 3.65. The molecule has 6 heteroatoms. The van der Waals surface area contributed by atoms with Crippen LogP contribution in [0.4, 0.5) is 5.69 Å². The predicted molar refractivity (Wildman–Crippen MR) is 75.2 cm³/mol. The zero-order valence-electron chi connectivity index (χ0n) is 9.98.